The largest absolute Gasteiger partial charge is 0.394 e. The van der Waals surface area contributed by atoms with Gasteiger partial charge in [0, 0.05) is 19.8 Å². The Bertz CT molecular complexity index is 262. The zero-order chi connectivity index (χ0) is 10.4. The highest BCUT2D eigenvalue weighted by Gasteiger charge is 2.00. The fourth-order valence-corrected chi connectivity index (χ4v) is 1.17. The maximum atomic E-state index is 9.03. The SMILES string of the molecule is Cn1cc(CCNC[C@H](O)CO)cn1. The van der Waals surface area contributed by atoms with E-state index in [0.717, 1.165) is 13.0 Å². The summed E-state index contributed by atoms with van der Waals surface area (Å²) < 4.78 is 1.76. The first-order valence-corrected chi connectivity index (χ1v) is 4.69. The van der Waals surface area contributed by atoms with E-state index in [1.54, 1.807) is 4.68 Å². The van der Waals surface area contributed by atoms with Gasteiger partial charge in [-0.15, -0.1) is 0 Å². The van der Waals surface area contributed by atoms with Gasteiger partial charge in [-0.05, 0) is 18.5 Å². The highest BCUT2D eigenvalue weighted by Crippen LogP contribution is 1.95. The van der Waals surface area contributed by atoms with Gasteiger partial charge in [-0.3, -0.25) is 4.68 Å². The molecule has 0 aliphatic heterocycles. The molecule has 0 aromatic carbocycles. The van der Waals surface area contributed by atoms with Gasteiger partial charge in [0.15, 0.2) is 0 Å². The third-order valence-corrected chi connectivity index (χ3v) is 1.94. The van der Waals surface area contributed by atoms with Gasteiger partial charge < -0.3 is 15.5 Å². The summed E-state index contributed by atoms with van der Waals surface area (Å²) in [4.78, 5) is 0. The molecule has 0 amide bonds. The summed E-state index contributed by atoms with van der Waals surface area (Å²) >= 11 is 0. The van der Waals surface area contributed by atoms with Crippen molar-refractivity contribution in [3.63, 3.8) is 0 Å². The number of rotatable bonds is 6. The van der Waals surface area contributed by atoms with E-state index in [2.05, 4.69) is 10.4 Å². The van der Waals surface area contributed by atoms with Crippen LogP contribution in [-0.4, -0.2) is 45.8 Å². The average molecular weight is 199 g/mol. The van der Waals surface area contributed by atoms with Gasteiger partial charge in [0.2, 0.25) is 0 Å². The van der Waals surface area contributed by atoms with Gasteiger partial charge in [-0.2, -0.15) is 5.10 Å². The van der Waals surface area contributed by atoms with E-state index in [1.807, 2.05) is 19.4 Å². The van der Waals surface area contributed by atoms with Crippen LogP contribution in [0.5, 0.6) is 0 Å². The van der Waals surface area contributed by atoms with E-state index in [9.17, 15) is 0 Å². The van der Waals surface area contributed by atoms with Crippen LogP contribution in [0.25, 0.3) is 0 Å². The Kier molecular flexibility index (Phi) is 4.58. The minimum absolute atomic E-state index is 0.195. The van der Waals surface area contributed by atoms with E-state index in [4.69, 9.17) is 10.2 Å². The molecule has 1 aromatic heterocycles. The first kappa shape index (κ1) is 11.2. The first-order chi connectivity index (χ1) is 6.72. The lowest BCUT2D eigenvalue weighted by molar-refractivity contribution is 0.0947. The second-order valence-corrected chi connectivity index (χ2v) is 3.31. The van der Waals surface area contributed by atoms with Crippen molar-refractivity contribution in [1.82, 2.24) is 15.1 Å². The Labute approximate surface area is 83.4 Å². The molecule has 14 heavy (non-hydrogen) atoms. The van der Waals surface area contributed by atoms with Crippen molar-refractivity contribution >= 4 is 0 Å². The van der Waals surface area contributed by atoms with Crippen molar-refractivity contribution in [3.8, 4) is 0 Å². The molecule has 0 bridgehead atoms. The minimum atomic E-state index is -0.663. The molecule has 80 valence electrons. The molecule has 5 heteroatoms. The number of aliphatic hydroxyl groups excluding tert-OH is 2. The molecule has 0 aliphatic carbocycles. The molecule has 5 nitrogen and oxygen atoms in total. The van der Waals surface area contributed by atoms with E-state index >= 15 is 0 Å². The van der Waals surface area contributed by atoms with Crippen LogP contribution in [0.3, 0.4) is 0 Å². The van der Waals surface area contributed by atoms with Crippen molar-refractivity contribution < 1.29 is 10.2 Å². The Morgan fingerprint density at radius 2 is 2.43 bits per heavy atom. The molecule has 0 unspecified atom stereocenters. The van der Waals surface area contributed by atoms with Crippen LogP contribution in [0.2, 0.25) is 0 Å². The lowest BCUT2D eigenvalue weighted by atomic mass is 10.2. The second kappa shape index (κ2) is 5.74. The van der Waals surface area contributed by atoms with Crippen LogP contribution in [0, 0.1) is 0 Å². The van der Waals surface area contributed by atoms with Crippen molar-refractivity contribution in [2.24, 2.45) is 7.05 Å². The van der Waals surface area contributed by atoms with Crippen LogP contribution in [0.15, 0.2) is 12.4 Å². The molecule has 1 rings (SSSR count). The summed E-state index contributed by atoms with van der Waals surface area (Å²) in [5.74, 6) is 0. The predicted octanol–water partition coefficient (Wildman–Crippen LogP) is -1.09. The fourth-order valence-electron chi connectivity index (χ4n) is 1.17. The molecule has 0 spiro atoms. The van der Waals surface area contributed by atoms with E-state index in [1.165, 1.54) is 5.56 Å². The third-order valence-electron chi connectivity index (χ3n) is 1.94. The molecule has 3 N–H and O–H groups in total. The lowest BCUT2D eigenvalue weighted by Gasteiger charge is -2.07. The van der Waals surface area contributed by atoms with Crippen molar-refractivity contribution in [2.45, 2.75) is 12.5 Å². The number of aliphatic hydroxyl groups is 2. The first-order valence-electron chi connectivity index (χ1n) is 4.69. The van der Waals surface area contributed by atoms with Crippen molar-refractivity contribution in [2.75, 3.05) is 19.7 Å². The second-order valence-electron chi connectivity index (χ2n) is 3.31. The highest BCUT2D eigenvalue weighted by molar-refractivity contribution is 5.03. The van der Waals surface area contributed by atoms with Crippen LogP contribution in [0.4, 0.5) is 0 Å². The minimum Gasteiger partial charge on any atom is -0.394 e. The Morgan fingerprint density at radius 3 is 3.00 bits per heavy atom. The maximum Gasteiger partial charge on any atom is 0.0894 e. The third kappa shape index (κ3) is 3.87. The summed E-state index contributed by atoms with van der Waals surface area (Å²) in [6, 6.07) is 0. The Balaban J connectivity index is 2.10. The fraction of sp³-hybridized carbons (Fsp3) is 0.667. The van der Waals surface area contributed by atoms with Crippen LogP contribution in [-0.2, 0) is 13.5 Å². The molecule has 1 heterocycles. The summed E-state index contributed by atoms with van der Waals surface area (Å²) in [5.41, 5.74) is 1.17. The molecule has 0 radical (unpaired) electrons. The molecule has 0 fully saturated rings. The molecular formula is C9H17N3O2. The summed E-state index contributed by atoms with van der Waals surface area (Å²) in [5, 5.41) is 24.7. The topological polar surface area (TPSA) is 70.3 Å². The van der Waals surface area contributed by atoms with Gasteiger partial charge in [0.1, 0.15) is 0 Å². The smallest absolute Gasteiger partial charge is 0.0894 e. The van der Waals surface area contributed by atoms with Gasteiger partial charge in [0.25, 0.3) is 0 Å². The Hall–Kier alpha value is -0.910. The number of aromatic nitrogens is 2. The van der Waals surface area contributed by atoms with Crippen LogP contribution >= 0.6 is 0 Å². The molecular weight excluding hydrogens is 182 g/mol. The molecule has 0 saturated heterocycles. The predicted molar refractivity (Wildman–Crippen MR) is 52.9 cm³/mol. The Morgan fingerprint density at radius 1 is 1.64 bits per heavy atom. The monoisotopic (exact) mass is 199 g/mol. The van der Waals surface area contributed by atoms with Crippen molar-refractivity contribution in [1.29, 1.82) is 0 Å². The summed E-state index contributed by atoms with van der Waals surface area (Å²) in [6.07, 6.45) is 4.00. The summed E-state index contributed by atoms with van der Waals surface area (Å²) in [7, 11) is 1.88. The van der Waals surface area contributed by atoms with Gasteiger partial charge in [-0.1, -0.05) is 0 Å². The average Bonchev–Trinajstić information content (AvgIpc) is 2.58. The van der Waals surface area contributed by atoms with Gasteiger partial charge >= 0.3 is 0 Å². The van der Waals surface area contributed by atoms with E-state index < -0.39 is 6.10 Å². The normalized spacial score (nSPS) is 13.1. The highest BCUT2D eigenvalue weighted by atomic mass is 16.3. The number of hydrogen-bond donors (Lipinski definition) is 3. The number of nitrogens with one attached hydrogen (secondary N) is 1. The maximum absolute atomic E-state index is 9.03. The standard InChI is InChI=1S/C9H17N3O2/c1-12-6-8(4-11-12)2-3-10-5-9(14)7-13/h4,6,9-10,13-14H,2-3,5,7H2,1H3/t9-/m0/s1. The van der Waals surface area contributed by atoms with Crippen LogP contribution in [0.1, 0.15) is 5.56 Å². The molecule has 0 saturated carbocycles. The molecule has 1 atom stereocenters. The van der Waals surface area contributed by atoms with E-state index in [-0.39, 0.29) is 6.61 Å². The summed E-state index contributed by atoms with van der Waals surface area (Å²) in [6.45, 7) is 1.01. The number of nitrogens with zero attached hydrogens (tertiary/aromatic N) is 2. The number of aryl methyl sites for hydroxylation is 1. The number of hydrogen-bond acceptors (Lipinski definition) is 4. The van der Waals surface area contributed by atoms with Crippen molar-refractivity contribution in [3.05, 3.63) is 18.0 Å². The zero-order valence-electron chi connectivity index (χ0n) is 8.35. The van der Waals surface area contributed by atoms with E-state index in [0.29, 0.717) is 6.54 Å². The zero-order valence-corrected chi connectivity index (χ0v) is 8.35. The van der Waals surface area contributed by atoms with Gasteiger partial charge in [-0.25, -0.2) is 0 Å². The lowest BCUT2D eigenvalue weighted by Crippen LogP contribution is -2.30. The molecule has 0 aliphatic rings. The quantitative estimate of drug-likeness (QED) is 0.509. The molecule has 1 aromatic rings. The van der Waals surface area contributed by atoms with Gasteiger partial charge in [0.05, 0.1) is 18.9 Å². The van der Waals surface area contributed by atoms with Crippen LogP contribution < -0.4 is 5.32 Å².